The van der Waals surface area contributed by atoms with Gasteiger partial charge < -0.3 is 10.4 Å². The molecule has 1 heterocycles. The van der Waals surface area contributed by atoms with Crippen LogP contribution < -0.4 is 5.32 Å². The fourth-order valence-corrected chi connectivity index (χ4v) is 2.90. The van der Waals surface area contributed by atoms with Gasteiger partial charge >= 0.3 is 5.69 Å². The molecule has 2 aromatic rings. The van der Waals surface area contributed by atoms with Crippen molar-refractivity contribution in [1.29, 1.82) is 0 Å². The van der Waals surface area contributed by atoms with Gasteiger partial charge in [0.1, 0.15) is 0 Å². The molecule has 1 aliphatic carbocycles. The first-order chi connectivity index (χ1) is 11.0. The quantitative estimate of drug-likeness (QED) is 0.451. The first kappa shape index (κ1) is 15.3. The number of carbonyl (C=O) groups excluding carboxylic acids is 1. The highest BCUT2D eigenvalue weighted by Gasteiger charge is 2.27. The number of halogens is 1. The van der Waals surface area contributed by atoms with Gasteiger partial charge in [0.2, 0.25) is 11.7 Å². The summed E-state index contributed by atoms with van der Waals surface area (Å²) in [6, 6.07) is 2.32. The summed E-state index contributed by atoms with van der Waals surface area (Å²) < 4.78 is 0. The van der Waals surface area contributed by atoms with Crippen molar-refractivity contribution in [2.75, 3.05) is 5.32 Å². The molecule has 3 N–H and O–H groups in total. The molecule has 9 heteroatoms. The number of aromatic hydroxyl groups is 1. The molecular formula is C14H13ClN4O4. The van der Waals surface area contributed by atoms with Gasteiger partial charge in [0.25, 0.3) is 0 Å². The predicted molar refractivity (Wildman–Crippen MR) is 82.5 cm³/mol. The molecule has 0 spiro atoms. The van der Waals surface area contributed by atoms with Gasteiger partial charge in [-0.2, -0.15) is 5.10 Å². The average molecular weight is 337 g/mol. The molecule has 0 saturated carbocycles. The number of anilines is 1. The Morgan fingerprint density at radius 3 is 3.04 bits per heavy atom. The number of nitro groups is 1. The third-order valence-electron chi connectivity index (χ3n) is 3.90. The third kappa shape index (κ3) is 2.98. The first-order valence-corrected chi connectivity index (χ1v) is 7.32. The lowest BCUT2D eigenvalue weighted by molar-refractivity contribution is -0.385. The molecule has 120 valence electrons. The maximum atomic E-state index is 12.4. The number of hydrogen-bond donors (Lipinski definition) is 3. The summed E-state index contributed by atoms with van der Waals surface area (Å²) in [7, 11) is 0. The van der Waals surface area contributed by atoms with Crippen LogP contribution in [0, 0.1) is 16.0 Å². The highest BCUT2D eigenvalue weighted by atomic mass is 35.5. The number of phenolic OH excluding ortho intramolecular Hbond substituents is 1. The van der Waals surface area contributed by atoms with E-state index >= 15 is 0 Å². The second-order valence-electron chi connectivity index (χ2n) is 5.38. The number of benzene rings is 1. The fraction of sp³-hybridized carbons (Fsp3) is 0.286. The van der Waals surface area contributed by atoms with Gasteiger partial charge in [0.15, 0.2) is 0 Å². The zero-order valence-corrected chi connectivity index (χ0v) is 12.6. The largest absolute Gasteiger partial charge is 0.501 e. The van der Waals surface area contributed by atoms with E-state index in [0.717, 1.165) is 23.7 Å². The number of amides is 1. The number of H-pyrrole nitrogens is 1. The number of hydrogen-bond acceptors (Lipinski definition) is 5. The Balaban J connectivity index is 1.80. The molecule has 8 nitrogen and oxygen atoms in total. The summed E-state index contributed by atoms with van der Waals surface area (Å²) in [4.78, 5) is 22.5. The summed E-state index contributed by atoms with van der Waals surface area (Å²) in [6.45, 7) is 0. The monoisotopic (exact) mass is 336 g/mol. The van der Waals surface area contributed by atoms with Crippen molar-refractivity contribution in [3.63, 3.8) is 0 Å². The number of aromatic nitrogens is 2. The molecule has 1 aromatic carbocycles. The Kier molecular flexibility index (Phi) is 3.91. The Morgan fingerprint density at radius 2 is 2.30 bits per heavy atom. The van der Waals surface area contributed by atoms with Gasteiger partial charge in [-0.1, -0.05) is 11.6 Å². The van der Waals surface area contributed by atoms with Crippen LogP contribution >= 0.6 is 11.6 Å². The summed E-state index contributed by atoms with van der Waals surface area (Å²) in [6.07, 6.45) is 3.62. The Labute approximate surface area is 135 Å². The first-order valence-electron chi connectivity index (χ1n) is 6.94. The number of aryl methyl sites for hydroxylation is 1. The molecule has 0 bridgehead atoms. The molecule has 1 unspecified atom stereocenters. The fourth-order valence-electron chi connectivity index (χ4n) is 2.69. The van der Waals surface area contributed by atoms with Crippen LogP contribution in [0.2, 0.25) is 5.02 Å². The van der Waals surface area contributed by atoms with Crippen molar-refractivity contribution in [2.45, 2.75) is 19.3 Å². The van der Waals surface area contributed by atoms with Gasteiger partial charge in [-0.15, -0.1) is 0 Å². The molecule has 0 radical (unpaired) electrons. The van der Waals surface area contributed by atoms with Crippen LogP contribution in [0.4, 0.5) is 11.4 Å². The van der Waals surface area contributed by atoms with Crippen LogP contribution in [0.15, 0.2) is 18.3 Å². The Morgan fingerprint density at radius 1 is 1.52 bits per heavy atom. The maximum absolute atomic E-state index is 12.4. The number of rotatable bonds is 3. The number of nitrogens with zero attached hydrogens (tertiary/aromatic N) is 2. The number of phenols is 1. The van der Waals surface area contributed by atoms with Crippen molar-refractivity contribution >= 4 is 28.9 Å². The van der Waals surface area contributed by atoms with Crippen molar-refractivity contribution in [2.24, 2.45) is 5.92 Å². The van der Waals surface area contributed by atoms with Gasteiger partial charge in [-0.25, -0.2) is 0 Å². The standard InChI is InChI=1S/C14H13ClN4O4/c15-9-4-11(13(20)12(5-9)19(22)23)17-14(21)7-1-2-8-6-16-18-10(8)3-7/h4-7,20H,1-3H2,(H,16,18)(H,17,21). The van der Waals surface area contributed by atoms with Gasteiger partial charge in [0, 0.05) is 29.1 Å². The second kappa shape index (κ2) is 5.88. The molecule has 1 amide bonds. The van der Waals surface area contributed by atoms with Gasteiger partial charge in [-0.05, 0) is 24.5 Å². The van der Waals surface area contributed by atoms with Gasteiger partial charge in [0.05, 0.1) is 16.8 Å². The van der Waals surface area contributed by atoms with E-state index in [1.807, 2.05) is 0 Å². The molecule has 0 aliphatic heterocycles. The van der Waals surface area contributed by atoms with Crippen LogP contribution in [0.1, 0.15) is 17.7 Å². The smallest absolute Gasteiger partial charge is 0.314 e. The SMILES string of the molecule is O=C(Nc1cc(Cl)cc([N+](=O)[O-])c1O)C1CCc2cn[nH]c2C1. The number of nitrogens with one attached hydrogen (secondary N) is 2. The van der Waals surface area contributed by atoms with Crippen LogP contribution in [0.3, 0.4) is 0 Å². The van der Waals surface area contributed by atoms with E-state index in [9.17, 15) is 20.0 Å². The molecule has 0 saturated heterocycles. The van der Waals surface area contributed by atoms with Crippen molar-refractivity contribution < 1.29 is 14.8 Å². The highest BCUT2D eigenvalue weighted by molar-refractivity contribution is 6.31. The minimum atomic E-state index is -0.756. The molecular weight excluding hydrogens is 324 g/mol. The molecule has 1 aromatic heterocycles. The van der Waals surface area contributed by atoms with E-state index in [2.05, 4.69) is 15.5 Å². The minimum absolute atomic E-state index is 0.0595. The number of fused-ring (bicyclic) bond motifs is 1. The lowest BCUT2D eigenvalue weighted by Crippen LogP contribution is -2.28. The highest BCUT2D eigenvalue weighted by Crippen LogP contribution is 2.37. The van der Waals surface area contributed by atoms with E-state index < -0.39 is 16.4 Å². The molecule has 1 atom stereocenters. The molecule has 1 aliphatic rings. The van der Waals surface area contributed by atoms with Crippen molar-refractivity contribution in [1.82, 2.24) is 10.2 Å². The van der Waals surface area contributed by atoms with Crippen LogP contribution in [-0.4, -0.2) is 26.1 Å². The Bertz CT molecular complexity index is 789. The van der Waals surface area contributed by atoms with Crippen molar-refractivity contribution in [3.8, 4) is 5.75 Å². The molecule has 23 heavy (non-hydrogen) atoms. The molecule has 0 fully saturated rings. The zero-order valence-electron chi connectivity index (χ0n) is 11.9. The lowest BCUT2D eigenvalue weighted by atomic mass is 9.87. The summed E-state index contributed by atoms with van der Waals surface area (Å²) in [5.41, 5.74) is 1.39. The average Bonchev–Trinajstić information content (AvgIpc) is 2.97. The van der Waals surface area contributed by atoms with E-state index in [4.69, 9.17) is 11.6 Å². The second-order valence-corrected chi connectivity index (χ2v) is 5.82. The summed E-state index contributed by atoms with van der Waals surface area (Å²) in [5.74, 6) is -1.23. The number of nitro benzene ring substituents is 1. The van der Waals surface area contributed by atoms with Gasteiger partial charge in [-0.3, -0.25) is 20.0 Å². The zero-order chi connectivity index (χ0) is 16.6. The van der Waals surface area contributed by atoms with E-state index in [1.54, 1.807) is 6.20 Å². The van der Waals surface area contributed by atoms with E-state index in [1.165, 1.54) is 6.07 Å². The minimum Gasteiger partial charge on any atom is -0.501 e. The summed E-state index contributed by atoms with van der Waals surface area (Å²) >= 11 is 5.81. The maximum Gasteiger partial charge on any atom is 0.314 e. The van der Waals surface area contributed by atoms with E-state index in [-0.39, 0.29) is 22.5 Å². The normalized spacial score (nSPS) is 16.7. The Hall–Kier alpha value is -2.61. The van der Waals surface area contributed by atoms with Crippen molar-refractivity contribution in [3.05, 3.63) is 44.7 Å². The van der Waals surface area contributed by atoms with Crippen LogP contribution in [-0.2, 0) is 17.6 Å². The van der Waals surface area contributed by atoms with Crippen LogP contribution in [0.5, 0.6) is 5.75 Å². The molecule has 3 rings (SSSR count). The third-order valence-corrected chi connectivity index (χ3v) is 4.12. The van der Waals surface area contributed by atoms with Crippen LogP contribution in [0.25, 0.3) is 0 Å². The van der Waals surface area contributed by atoms with E-state index in [0.29, 0.717) is 12.8 Å². The predicted octanol–water partition coefficient (Wildman–Crippen LogP) is 2.42. The topological polar surface area (TPSA) is 121 Å². The number of carbonyl (C=O) groups is 1. The summed E-state index contributed by atoms with van der Waals surface area (Å²) in [5, 5.41) is 30.2. The lowest BCUT2D eigenvalue weighted by Gasteiger charge is -2.21. The number of aromatic amines is 1.